The molecule has 4 nitrogen and oxygen atoms in total. The molecule has 1 unspecified atom stereocenters. The van der Waals surface area contributed by atoms with Gasteiger partial charge in [0.1, 0.15) is 5.82 Å². The van der Waals surface area contributed by atoms with Gasteiger partial charge in [-0.25, -0.2) is 4.98 Å². The molecule has 0 amide bonds. The molecule has 0 bridgehead atoms. The summed E-state index contributed by atoms with van der Waals surface area (Å²) in [4.78, 5) is 13.6. The molecular weight excluding hydrogens is 546 g/mol. The highest BCUT2D eigenvalue weighted by molar-refractivity contribution is 6.30. The molecule has 1 aliphatic heterocycles. The highest BCUT2D eigenvalue weighted by Gasteiger charge is 2.29. The molecule has 198 valence electrons. The number of aromatic nitrogens is 2. The lowest BCUT2D eigenvalue weighted by atomic mass is 9.96. The quantitative estimate of drug-likeness (QED) is 0.253. The molecule has 37 heavy (non-hydrogen) atoms. The number of H-pyrrole nitrogens is 1. The van der Waals surface area contributed by atoms with Crippen LogP contribution in [0.5, 0.6) is 0 Å². The van der Waals surface area contributed by atoms with Gasteiger partial charge in [0.25, 0.3) is 0 Å². The third-order valence-corrected chi connectivity index (χ3v) is 7.14. The van der Waals surface area contributed by atoms with Gasteiger partial charge >= 0.3 is 0 Å². The van der Waals surface area contributed by atoms with Crippen molar-refractivity contribution in [3.05, 3.63) is 112 Å². The number of aryl methyl sites for hydroxylation is 1. The van der Waals surface area contributed by atoms with Crippen molar-refractivity contribution in [3.63, 3.8) is 0 Å². The summed E-state index contributed by atoms with van der Waals surface area (Å²) in [5.74, 6) is 0.883. The molecule has 0 aliphatic carbocycles. The maximum atomic E-state index is 6.20. The van der Waals surface area contributed by atoms with Gasteiger partial charge in [-0.15, -0.1) is 37.2 Å². The summed E-state index contributed by atoms with van der Waals surface area (Å²) in [7, 11) is 0. The topological polar surface area (TPSA) is 35.2 Å². The summed E-state index contributed by atoms with van der Waals surface area (Å²) in [6, 6.07) is 30.1. The van der Waals surface area contributed by atoms with Gasteiger partial charge in [0, 0.05) is 42.5 Å². The Morgan fingerprint density at radius 3 is 1.84 bits per heavy atom. The minimum absolute atomic E-state index is 0. The van der Waals surface area contributed by atoms with E-state index in [4.69, 9.17) is 16.6 Å². The second-order valence-electron chi connectivity index (χ2n) is 9.08. The lowest BCUT2D eigenvalue weighted by Gasteiger charge is -2.41. The molecule has 1 aliphatic rings. The van der Waals surface area contributed by atoms with Gasteiger partial charge in [0.2, 0.25) is 0 Å². The van der Waals surface area contributed by atoms with Crippen molar-refractivity contribution in [2.45, 2.75) is 25.9 Å². The summed E-state index contributed by atoms with van der Waals surface area (Å²) in [5, 5.41) is 0.726. The van der Waals surface area contributed by atoms with E-state index in [1.165, 1.54) is 11.1 Å². The van der Waals surface area contributed by atoms with Crippen LogP contribution >= 0.6 is 48.8 Å². The van der Waals surface area contributed by atoms with Crippen LogP contribution < -0.4 is 0 Å². The third kappa shape index (κ3) is 7.08. The Balaban J connectivity index is 0.00000160. The van der Waals surface area contributed by atoms with Crippen molar-refractivity contribution in [1.82, 2.24) is 19.8 Å². The number of piperazine rings is 1. The van der Waals surface area contributed by atoms with E-state index in [0.29, 0.717) is 0 Å². The smallest absolute Gasteiger partial charge is 0.137 e. The molecule has 2 heterocycles. The first-order valence-corrected chi connectivity index (χ1v) is 12.4. The maximum Gasteiger partial charge on any atom is 0.137 e. The van der Waals surface area contributed by atoms with Crippen molar-refractivity contribution < 1.29 is 0 Å². The standard InChI is InChI=1S/C29H31ClN4.3ClH/c1-21-27(32-29(31-21)25-14-9-15-26(30)20-25)22(2)33-16-18-34(19-17-33)28(23-10-5-3-6-11-23)24-12-7-4-8-13-24;;;/h3-15,20,22,28H,16-19H2,1-2H3,(H,31,32);3*1H. The van der Waals surface area contributed by atoms with Crippen LogP contribution in [0, 0.1) is 6.92 Å². The van der Waals surface area contributed by atoms with Crippen LogP contribution in [0.3, 0.4) is 0 Å². The molecule has 1 N–H and O–H groups in total. The molecule has 1 fully saturated rings. The van der Waals surface area contributed by atoms with Crippen LogP contribution in [0.2, 0.25) is 5.02 Å². The van der Waals surface area contributed by atoms with Gasteiger partial charge in [-0.05, 0) is 37.1 Å². The summed E-state index contributed by atoms with van der Waals surface area (Å²) >= 11 is 6.20. The van der Waals surface area contributed by atoms with E-state index in [-0.39, 0.29) is 49.3 Å². The Hall–Kier alpha value is -2.05. The Kier molecular flexibility index (Phi) is 12.0. The number of nitrogens with one attached hydrogen (secondary N) is 1. The molecule has 0 spiro atoms. The molecule has 1 saturated heterocycles. The minimum atomic E-state index is 0. The molecule has 1 atom stereocenters. The molecule has 4 aromatic rings. The van der Waals surface area contributed by atoms with E-state index in [0.717, 1.165) is 54.0 Å². The number of hydrogen-bond acceptors (Lipinski definition) is 3. The van der Waals surface area contributed by atoms with Gasteiger partial charge in [-0.3, -0.25) is 9.80 Å². The Morgan fingerprint density at radius 1 is 0.757 bits per heavy atom. The zero-order valence-corrected chi connectivity index (χ0v) is 24.2. The van der Waals surface area contributed by atoms with E-state index < -0.39 is 0 Å². The van der Waals surface area contributed by atoms with Crippen LogP contribution in [0.25, 0.3) is 11.4 Å². The largest absolute Gasteiger partial charge is 0.342 e. The molecule has 8 heteroatoms. The Bertz CT molecular complexity index is 1190. The van der Waals surface area contributed by atoms with E-state index >= 15 is 0 Å². The fraction of sp³-hybridized carbons (Fsp3) is 0.276. The first-order chi connectivity index (χ1) is 16.6. The number of rotatable bonds is 6. The van der Waals surface area contributed by atoms with Crippen molar-refractivity contribution in [2.24, 2.45) is 0 Å². The van der Waals surface area contributed by atoms with Crippen LogP contribution in [0.4, 0.5) is 0 Å². The Labute approximate surface area is 243 Å². The average Bonchev–Trinajstić information content (AvgIpc) is 3.27. The predicted molar refractivity (Wildman–Crippen MR) is 162 cm³/mol. The van der Waals surface area contributed by atoms with E-state index in [1.54, 1.807) is 0 Å². The second kappa shape index (κ2) is 14.2. The molecule has 0 saturated carbocycles. The normalized spacial score (nSPS) is 14.8. The van der Waals surface area contributed by atoms with Crippen LogP contribution in [0.15, 0.2) is 84.9 Å². The Morgan fingerprint density at radius 2 is 1.30 bits per heavy atom. The van der Waals surface area contributed by atoms with Gasteiger partial charge in [-0.1, -0.05) is 84.4 Å². The zero-order valence-electron chi connectivity index (χ0n) is 21.0. The fourth-order valence-corrected chi connectivity index (χ4v) is 5.28. The second-order valence-corrected chi connectivity index (χ2v) is 9.51. The van der Waals surface area contributed by atoms with E-state index in [9.17, 15) is 0 Å². The van der Waals surface area contributed by atoms with Crippen molar-refractivity contribution in [1.29, 1.82) is 0 Å². The first-order valence-electron chi connectivity index (χ1n) is 12.0. The number of nitrogens with zero attached hydrogens (tertiary/aromatic N) is 3. The average molecular weight is 580 g/mol. The zero-order chi connectivity index (χ0) is 23.5. The van der Waals surface area contributed by atoms with Crippen molar-refractivity contribution in [2.75, 3.05) is 26.2 Å². The highest BCUT2D eigenvalue weighted by atomic mass is 35.5. The van der Waals surface area contributed by atoms with Crippen molar-refractivity contribution >= 4 is 48.8 Å². The molecule has 1 aromatic heterocycles. The SMILES string of the molecule is Cc1[nH]c(-c2cccc(Cl)c2)nc1C(C)N1CCN(C(c2ccccc2)c2ccccc2)CC1.Cl.Cl.Cl. The monoisotopic (exact) mass is 578 g/mol. The van der Waals surface area contributed by atoms with E-state index in [1.807, 2.05) is 24.3 Å². The van der Waals surface area contributed by atoms with Crippen LogP contribution in [-0.2, 0) is 0 Å². The molecule has 5 rings (SSSR count). The molecular formula is C29H34Cl4N4. The lowest BCUT2D eigenvalue weighted by Crippen LogP contribution is -2.48. The summed E-state index contributed by atoms with van der Waals surface area (Å²) < 4.78 is 0. The third-order valence-electron chi connectivity index (χ3n) is 6.91. The molecule has 0 radical (unpaired) electrons. The number of halogens is 4. The lowest BCUT2D eigenvalue weighted by molar-refractivity contribution is 0.0826. The number of imidazole rings is 1. The maximum absolute atomic E-state index is 6.20. The fourth-order valence-electron chi connectivity index (χ4n) is 5.09. The minimum Gasteiger partial charge on any atom is -0.342 e. The first kappa shape index (κ1) is 31.2. The predicted octanol–water partition coefficient (Wildman–Crippen LogP) is 7.77. The van der Waals surface area contributed by atoms with Gasteiger partial charge < -0.3 is 4.98 Å². The van der Waals surface area contributed by atoms with Gasteiger partial charge in [-0.2, -0.15) is 0 Å². The molecule has 3 aromatic carbocycles. The summed E-state index contributed by atoms with van der Waals surface area (Å²) in [6.07, 6.45) is 0. The highest BCUT2D eigenvalue weighted by Crippen LogP contribution is 2.32. The van der Waals surface area contributed by atoms with Crippen LogP contribution in [0.1, 0.15) is 41.5 Å². The number of benzene rings is 3. The number of aromatic amines is 1. The van der Waals surface area contributed by atoms with Crippen LogP contribution in [-0.4, -0.2) is 45.9 Å². The van der Waals surface area contributed by atoms with Gasteiger partial charge in [0.05, 0.1) is 17.8 Å². The van der Waals surface area contributed by atoms with Gasteiger partial charge in [0.15, 0.2) is 0 Å². The van der Waals surface area contributed by atoms with E-state index in [2.05, 4.69) is 89.3 Å². The summed E-state index contributed by atoms with van der Waals surface area (Å²) in [6.45, 7) is 8.44. The van der Waals surface area contributed by atoms with Crippen molar-refractivity contribution in [3.8, 4) is 11.4 Å². The number of hydrogen-bond donors (Lipinski definition) is 1. The summed E-state index contributed by atoms with van der Waals surface area (Å²) in [5.41, 5.74) is 5.96.